The molecule has 0 saturated carbocycles. The number of aromatic nitrogens is 6. The molecule has 0 amide bonds. The number of nitrogens with zero attached hydrogens (tertiary/aromatic N) is 5. The van der Waals surface area contributed by atoms with Gasteiger partial charge in [0.2, 0.25) is 10.6 Å². The third-order valence-corrected chi connectivity index (χ3v) is 4.63. The van der Waals surface area contributed by atoms with Gasteiger partial charge in [0, 0.05) is 11.4 Å². The van der Waals surface area contributed by atoms with Gasteiger partial charge in [-0.2, -0.15) is 19.8 Å². The van der Waals surface area contributed by atoms with Crippen molar-refractivity contribution in [2.45, 2.75) is 12.8 Å². The van der Waals surface area contributed by atoms with Crippen molar-refractivity contribution in [1.82, 2.24) is 30.0 Å². The van der Waals surface area contributed by atoms with Gasteiger partial charge >= 0.3 is 5.56 Å². The van der Waals surface area contributed by atoms with Crippen LogP contribution in [0.5, 0.6) is 0 Å². The van der Waals surface area contributed by atoms with E-state index in [2.05, 4.69) is 25.5 Å². The van der Waals surface area contributed by atoms with Gasteiger partial charge in [0.15, 0.2) is 5.52 Å². The van der Waals surface area contributed by atoms with E-state index in [1.807, 2.05) is 24.3 Å². The highest BCUT2D eigenvalue weighted by molar-refractivity contribution is 7.16. The molecule has 0 saturated heterocycles. The number of fused-ring (bicyclic) bond motifs is 2. The lowest BCUT2D eigenvalue weighted by molar-refractivity contribution is 0.839. The molecule has 110 valence electrons. The second kappa shape index (κ2) is 5.15. The van der Waals surface area contributed by atoms with E-state index in [-0.39, 0.29) is 11.1 Å². The van der Waals surface area contributed by atoms with Gasteiger partial charge in [-0.25, -0.2) is 0 Å². The number of halogens is 1. The van der Waals surface area contributed by atoms with Gasteiger partial charge in [-0.3, -0.25) is 4.79 Å². The lowest BCUT2D eigenvalue weighted by atomic mass is 10.1. The fraction of sp³-hybridized carbons (Fsp3) is 0.154. The highest BCUT2D eigenvalue weighted by Gasteiger charge is 2.13. The molecule has 0 spiro atoms. The third-order valence-electron chi connectivity index (χ3n) is 3.29. The van der Waals surface area contributed by atoms with Crippen LogP contribution in [0.1, 0.15) is 10.6 Å². The summed E-state index contributed by atoms with van der Waals surface area (Å²) in [6, 6.07) is 7.70. The van der Waals surface area contributed by atoms with E-state index in [0.29, 0.717) is 17.0 Å². The molecule has 4 rings (SSSR count). The summed E-state index contributed by atoms with van der Waals surface area (Å²) >= 11 is 7.52. The molecule has 0 aliphatic rings. The van der Waals surface area contributed by atoms with Crippen LogP contribution in [0.3, 0.4) is 0 Å². The molecule has 0 bridgehead atoms. The molecule has 0 radical (unpaired) electrons. The summed E-state index contributed by atoms with van der Waals surface area (Å²) in [4.78, 5) is 17.0. The van der Waals surface area contributed by atoms with Crippen LogP contribution in [-0.4, -0.2) is 30.0 Å². The van der Waals surface area contributed by atoms with Crippen molar-refractivity contribution in [3.8, 4) is 0 Å². The Kier molecular flexibility index (Phi) is 3.12. The average molecular weight is 333 g/mol. The highest BCUT2D eigenvalue weighted by atomic mass is 35.5. The maximum absolute atomic E-state index is 12.2. The first-order chi connectivity index (χ1) is 10.7. The van der Waals surface area contributed by atoms with E-state index >= 15 is 0 Å². The average Bonchev–Trinajstić information content (AvgIpc) is 3.13. The van der Waals surface area contributed by atoms with Crippen molar-refractivity contribution in [1.29, 1.82) is 0 Å². The first kappa shape index (κ1) is 13.4. The second-order valence-electron chi connectivity index (χ2n) is 4.69. The fourth-order valence-electron chi connectivity index (χ4n) is 2.21. The van der Waals surface area contributed by atoms with Crippen LogP contribution in [0.15, 0.2) is 29.1 Å². The van der Waals surface area contributed by atoms with Crippen molar-refractivity contribution in [3.63, 3.8) is 0 Å². The summed E-state index contributed by atoms with van der Waals surface area (Å²) in [6.45, 7) is 0. The molecule has 9 heteroatoms. The van der Waals surface area contributed by atoms with Crippen LogP contribution in [0.2, 0.25) is 5.02 Å². The van der Waals surface area contributed by atoms with Gasteiger partial charge in [0.25, 0.3) is 0 Å². The van der Waals surface area contributed by atoms with Gasteiger partial charge in [-0.15, -0.1) is 10.2 Å². The SMILES string of the molecule is O=c1c2n[nH]nc2nc2sc(CCc3ccccc3Cl)nn12. The van der Waals surface area contributed by atoms with E-state index in [1.165, 1.54) is 15.9 Å². The number of aromatic amines is 1. The Labute approximate surface area is 132 Å². The van der Waals surface area contributed by atoms with E-state index in [9.17, 15) is 4.79 Å². The Morgan fingerprint density at radius 2 is 2.09 bits per heavy atom. The Morgan fingerprint density at radius 3 is 2.95 bits per heavy atom. The number of aryl methyl sites for hydroxylation is 2. The van der Waals surface area contributed by atoms with Crippen molar-refractivity contribution >= 4 is 39.1 Å². The summed E-state index contributed by atoms with van der Waals surface area (Å²) in [5.41, 5.74) is 1.25. The normalized spacial score (nSPS) is 11.5. The zero-order valence-electron chi connectivity index (χ0n) is 11.2. The van der Waals surface area contributed by atoms with Gasteiger partial charge in [0.05, 0.1) is 0 Å². The quantitative estimate of drug-likeness (QED) is 0.618. The van der Waals surface area contributed by atoms with Crippen molar-refractivity contribution in [2.24, 2.45) is 0 Å². The zero-order valence-corrected chi connectivity index (χ0v) is 12.7. The number of H-pyrrole nitrogens is 1. The lowest BCUT2D eigenvalue weighted by Crippen LogP contribution is -2.15. The van der Waals surface area contributed by atoms with E-state index in [1.54, 1.807) is 0 Å². The lowest BCUT2D eigenvalue weighted by Gasteiger charge is -2.00. The van der Waals surface area contributed by atoms with Gasteiger partial charge in [0.1, 0.15) is 5.01 Å². The maximum atomic E-state index is 12.2. The largest absolute Gasteiger partial charge is 0.305 e. The topological polar surface area (TPSA) is 88.8 Å². The van der Waals surface area contributed by atoms with Crippen molar-refractivity contribution in [2.75, 3.05) is 0 Å². The fourth-order valence-corrected chi connectivity index (χ4v) is 3.32. The monoisotopic (exact) mass is 332 g/mol. The number of benzene rings is 1. The van der Waals surface area contributed by atoms with Crippen molar-refractivity contribution < 1.29 is 0 Å². The predicted octanol–water partition coefficient (Wildman–Crippen LogP) is 1.86. The van der Waals surface area contributed by atoms with Gasteiger partial charge in [-0.1, -0.05) is 41.1 Å². The standard InChI is InChI=1S/C13H9ClN6OS/c14-8-4-2-1-3-7(8)5-6-9-18-20-12(21)10-11(17-19-16-10)15-13(20)22-9/h1-4H,5-6H2,(H,16,17,19). The summed E-state index contributed by atoms with van der Waals surface area (Å²) in [5.74, 6) is 0. The Balaban J connectivity index is 1.70. The van der Waals surface area contributed by atoms with Crippen LogP contribution in [0, 0.1) is 0 Å². The number of rotatable bonds is 3. The minimum Gasteiger partial charge on any atom is -0.265 e. The minimum atomic E-state index is -0.311. The van der Waals surface area contributed by atoms with Gasteiger partial charge < -0.3 is 0 Å². The summed E-state index contributed by atoms with van der Waals surface area (Å²) in [6.07, 6.45) is 1.44. The molecule has 4 aromatic rings. The van der Waals surface area contributed by atoms with Crippen LogP contribution in [-0.2, 0) is 12.8 Å². The number of nitrogens with one attached hydrogen (secondary N) is 1. The molecule has 0 fully saturated rings. The Hall–Kier alpha value is -2.32. The molecule has 0 atom stereocenters. The molecule has 1 aromatic carbocycles. The molecule has 1 N–H and O–H groups in total. The molecule has 0 unspecified atom stereocenters. The molecular formula is C13H9ClN6OS. The number of hydrogen-bond acceptors (Lipinski definition) is 6. The summed E-state index contributed by atoms with van der Waals surface area (Å²) in [7, 11) is 0. The predicted molar refractivity (Wildman–Crippen MR) is 83.4 cm³/mol. The van der Waals surface area contributed by atoms with Crippen molar-refractivity contribution in [3.05, 3.63) is 50.2 Å². The smallest absolute Gasteiger partial charge is 0.265 e. The zero-order chi connectivity index (χ0) is 15.1. The first-order valence-electron chi connectivity index (χ1n) is 6.55. The van der Waals surface area contributed by atoms with E-state index < -0.39 is 0 Å². The summed E-state index contributed by atoms with van der Waals surface area (Å²) in [5, 5.41) is 15.9. The molecule has 7 nitrogen and oxygen atoms in total. The van der Waals surface area contributed by atoms with E-state index in [4.69, 9.17) is 11.6 Å². The summed E-state index contributed by atoms with van der Waals surface area (Å²) < 4.78 is 1.28. The molecule has 0 aliphatic heterocycles. The van der Waals surface area contributed by atoms with Crippen LogP contribution >= 0.6 is 22.9 Å². The van der Waals surface area contributed by atoms with Crippen LogP contribution < -0.4 is 5.56 Å². The second-order valence-corrected chi connectivity index (χ2v) is 6.14. The number of hydrogen-bond donors (Lipinski definition) is 1. The molecule has 22 heavy (non-hydrogen) atoms. The maximum Gasteiger partial charge on any atom is 0.305 e. The third kappa shape index (κ3) is 2.16. The molecule has 3 aromatic heterocycles. The molecular weight excluding hydrogens is 324 g/mol. The Bertz CT molecular complexity index is 1040. The van der Waals surface area contributed by atoms with Crippen LogP contribution in [0.25, 0.3) is 16.1 Å². The van der Waals surface area contributed by atoms with E-state index in [0.717, 1.165) is 22.0 Å². The highest BCUT2D eigenvalue weighted by Crippen LogP contribution is 2.19. The van der Waals surface area contributed by atoms with Gasteiger partial charge in [-0.05, 0) is 18.1 Å². The Morgan fingerprint density at radius 1 is 1.23 bits per heavy atom. The minimum absolute atomic E-state index is 0.195. The first-order valence-corrected chi connectivity index (χ1v) is 7.74. The molecule has 3 heterocycles. The molecule has 0 aliphatic carbocycles. The van der Waals surface area contributed by atoms with Crippen LogP contribution in [0.4, 0.5) is 0 Å².